The van der Waals surface area contributed by atoms with Gasteiger partial charge in [0, 0.05) is 0 Å². The van der Waals surface area contributed by atoms with Gasteiger partial charge in [-0.2, -0.15) is 0 Å². The molecule has 64 valence electrons. The van der Waals surface area contributed by atoms with Crippen molar-refractivity contribution < 1.29 is 0 Å². The highest BCUT2D eigenvalue weighted by molar-refractivity contribution is 6.30. The van der Waals surface area contributed by atoms with Crippen LogP contribution in [0.25, 0.3) is 0 Å². The summed E-state index contributed by atoms with van der Waals surface area (Å²) in [4.78, 5) is 0. The van der Waals surface area contributed by atoms with Crippen LogP contribution in [0.4, 0.5) is 0 Å². The number of hydrogen-bond acceptors (Lipinski definition) is 0. The average molecular weight is 193 g/mol. The molecule has 0 aliphatic heterocycles. The maximum Gasteiger partial charge on any atom is 0.0502 e. The van der Waals surface area contributed by atoms with Crippen LogP contribution in [0.1, 0.15) is 32.1 Å². The normalized spacial score (nSPS) is 50.7. The molecule has 0 spiro atoms. The van der Waals surface area contributed by atoms with Gasteiger partial charge in [0.2, 0.25) is 0 Å². The minimum absolute atomic E-state index is 0.246. The van der Waals surface area contributed by atoms with Crippen LogP contribution in [0.15, 0.2) is 0 Å². The van der Waals surface area contributed by atoms with E-state index in [1.54, 1.807) is 0 Å². The van der Waals surface area contributed by atoms with Gasteiger partial charge in [-0.15, -0.1) is 23.2 Å². The van der Waals surface area contributed by atoms with E-state index in [1.165, 1.54) is 32.1 Å². The van der Waals surface area contributed by atoms with Crippen molar-refractivity contribution in [3.05, 3.63) is 0 Å². The molecule has 2 aliphatic carbocycles. The summed E-state index contributed by atoms with van der Waals surface area (Å²) in [5.41, 5.74) is 0. The molecule has 4 atom stereocenters. The summed E-state index contributed by atoms with van der Waals surface area (Å²) < 4.78 is 0. The molecule has 0 N–H and O–H groups in total. The third kappa shape index (κ3) is 1.53. The van der Waals surface area contributed by atoms with Gasteiger partial charge in [-0.1, -0.05) is 19.3 Å². The molecular formula is C9H14Cl2. The van der Waals surface area contributed by atoms with Gasteiger partial charge in [-0.3, -0.25) is 0 Å². The van der Waals surface area contributed by atoms with Gasteiger partial charge in [0.05, 0.1) is 10.8 Å². The van der Waals surface area contributed by atoms with Crippen molar-refractivity contribution in [2.75, 3.05) is 0 Å². The molecule has 2 rings (SSSR count). The molecule has 4 unspecified atom stereocenters. The Hall–Kier alpha value is 0.580. The lowest BCUT2D eigenvalue weighted by molar-refractivity contribution is 0.285. The molecule has 2 heteroatoms. The van der Waals surface area contributed by atoms with Gasteiger partial charge in [0.1, 0.15) is 0 Å². The molecule has 0 radical (unpaired) electrons. The molecule has 0 saturated heterocycles. The fourth-order valence-corrected chi connectivity index (χ4v) is 3.27. The molecule has 0 nitrogen and oxygen atoms in total. The van der Waals surface area contributed by atoms with E-state index in [4.69, 9.17) is 23.2 Å². The Bertz CT molecular complexity index is 130. The zero-order valence-electron chi connectivity index (χ0n) is 6.60. The van der Waals surface area contributed by atoms with E-state index in [2.05, 4.69) is 0 Å². The fourth-order valence-electron chi connectivity index (χ4n) is 2.61. The highest BCUT2D eigenvalue weighted by atomic mass is 35.5. The first-order valence-corrected chi connectivity index (χ1v) is 5.43. The van der Waals surface area contributed by atoms with Crippen molar-refractivity contribution in [3.8, 4) is 0 Å². The lowest BCUT2D eigenvalue weighted by Gasteiger charge is -2.32. The number of fused-ring (bicyclic) bond motifs is 1. The van der Waals surface area contributed by atoms with E-state index >= 15 is 0 Å². The summed E-state index contributed by atoms with van der Waals surface area (Å²) in [5, 5.41) is 0.493. The zero-order valence-corrected chi connectivity index (χ0v) is 8.11. The third-order valence-electron chi connectivity index (χ3n) is 3.26. The predicted molar refractivity (Wildman–Crippen MR) is 49.3 cm³/mol. The second-order valence-electron chi connectivity index (χ2n) is 3.95. The number of alkyl halides is 2. The lowest BCUT2D eigenvalue weighted by Crippen LogP contribution is -2.30. The topological polar surface area (TPSA) is 0 Å². The highest BCUT2D eigenvalue weighted by Crippen LogP contribution is 2.45. The summed E-state index contributed by atoms with van der Waals surface area (Å²) in [5.74, 6) is 1.82. The third-order valence-corrected chi connectivity index (χ3v) is 4.36. The average Bonchev–Trinajstić information content (AvgIpc) is 2.36. The van der Waals surface area contributed by atoms with Gasteiger partial charge in [-0.05, 0) is 24.7 Å². The number of rotatable bonds is 0. The quantitative estimate of drug-likeness (QED) is 0.517. The first-order valence-electron chi connectivity index (χ1n) is 4.55. The number of hydrogen-bond donors (Lipinski definition) is 0. The lowest BCUT2D eigenvalue weighted by atomic mass is 9.81. The first-order chi connectivity index (χ1) is 5.27. The minimum Gasteiger partial charge on any atom is -0.121 e. The summed E-state index contributed by atoms with van der Waals surface area (Å²) >= 11 is 12.2. The standard InChI is InChI=1S/C9H14Cl2/c10-8-4-6-2-1-3-7(6)5-9(8)11/h6-9H,1-5H2. The largest absolute Gasteiger partial charge is 0.121 e. The monoisotopic (exact) mass is 192 g/mol. The summed E-state index contributed by atoms with van der Waals surface area (Å²) in [6, 6.07) is 0. The van der Waals surface area contributed by atoms with Crippen LogP contribution in [0.2, 0.25) is 0 Å². The van der Waals surface area contributed by atoms with Crippen LogP contribution in [0.3, 0.4) is 0 Å². The second kappa shape index (κ2) is 3.14. The second-order valence-corrected chi connectivity index (χ2v) is 5.08. The van der Waals surface area contributed by atoms with Crippen molar-refractivity contribution in [1.29, 1.82) is 0 Å². The van der Waals surface area contributed by atoms with E-state index in [9.17, 15) is 0 Å². The fraction of sp³-hybridized carbons (Fsp3) is 1.00. The molecule has 0 bridgehead atoms. The van der Waals surface area contributed by atoms with Crippen molar-refractivity contribution in [2.24, 2.45) is 11.8 Å². The van der Waals surface area contributed by atoms with Crippen LogP contribution >= 0.6 is 23.2 Å². The number of halogens is 2. The van der Waals surface area contributed by atoms with E-state index < -0.39 is 0 Å². The molecule has 2 fully saturated rings. The Morgan fingerprint density at radius 2 is 1.27 bits per heavy atom. The minimum atomic E-state index is 0.246. The zero-order chi connectivity index (χ0) is 7.84. The van der Waals surface area contributed by atoms with Crippen molar-refractivity contribution in [3.63, 3.8) is 0 Å². The molecular weight excluding hydrogens is 179 g/mol. The van der Waals surface area contributed by atoms with Crippen molar-refractivity contribution in [1.82, 2.24) is 0 Å². The summed E-state index contributed by atoms with van der Waals surface area (Å²) in [6.07, 6.45) is 6.54. The molecule has 11 heavy (non-hydrogen) atoms. The molecule has 2 aliphatic rings. The molecule has 0 aromatic rings. The Balaban J connectivity index is 2.00. The Labute approximate surface area is 78.3 Å². The molecule has 0 amide bonds. The maximum atomic E-state index is 6.10. The van der Waals surface area contributed by atoms with Gasteiger partial charge < -0.3 is 0 Å². The highest BCUT2D eigenvalue weighted by Gasteiger charge is 2.37. The van der Waals surface area contributed by atoms with Gasteiger partial charge in [-0.25, -0.2) is 0 Å². The Kier molecular flexibility index (Phi) is 2.34. The van der Waals surface area contributed by atoms with Crippen LogP contribution < -0.4 is 0 Å². The van der Waals surface area contributed by atoms with Crippen LogP contribution in [-0.2, 0) is 0 Å². The van der Waals surface area contributed by atoms with Crippen molar-refractivity contribution >= 4 is 23.2 Å². The smallest absolute Gasteiger partial charge is 0.0502 e. The van der Waals surface area contributed by atoms with E-state index in [0.29, 0.717) is 0 Å². The SMILES string of the molecule is ClC1CC2CCCC2CC1Cl. The van der Waals surface area contributed by atoms with Crippen LogP contribution in [0, 0.1) is 11.8 Å². The summed E-state index contributed by atoms with van der Waals surface area (Å²) in [6.45, 7) is 0. The van der Waals surface area contributed by atoms with E-state index in [-0.39, 0.29) is 10.8 Å². The Morgan fingerprint density at radius 3 is 1.73 bits per heavy atom. The van der Waals surface area contributed by atoms with Gasteiger partial charge in [0.15, 0.2) is 0 Å². The molecule has 0 aromatic carbocycles. The predicted octanol–water partition coefficient (Wildman–Crippen LogP) is 3.41. The molecule has 0 aromatic heterocycles. The maximum absolute atomic E-state index is 6.10. The first kappa shape index (κ1) is 8.19. The van der Waals surface area contributed by atoms with Crippen molar-refractivity contribution in [2.45, 2.75) is 42.9 Å². The molecule has 2 saturated carbocycles. The molecule has 0 heterocycles. The van der Waals surface area contributed by atoms with E-state index in [0.717, 1.165) is 11.8 Å². The van der Waals surface area contributed by atoms with Crippen LogP contribution in [-0.4, -0.2) is 10.8 Å². The van der Waals surface area contributed by atoms with Crippen LogP contribution in [0.5, 0.6) is 0 Å². The van der Waals surface area contributed by atoms with Gasteiger partial charge in [0.25, 0.3) is 0 Å². The summed E-state index contributed by atoms with van der Waals surface area (Å²) in [7, 11) is 0. The van der Waals surface area contributed by atoms with Gasteiger partial charge >= 0.3 is 0 Å². The van der Waals surface area contributed by atoms with E-state index in [1.807, 2.05) is 0 Å². The Morgan fingerprint density at radius 1 is 0.818 bits per heavy atom.